The number of urea groups is 1. The Morgan fingerprint density at radius 1 is 1.25 bits per heavy atom. The minimum atomic E-state index is -0.0385. The van der Waals surface area contributed by atoms with Gasteiger partial charge in [0.05, 0.1) is 6.54 Å². The lowest BCUT2D eigenvalue weighted by molar-refractivity contribution is 0.204. The molecule has 4 heteroatoms. The number of hydrogen-bond acceptors (Lipinski definition) is 2. The molecule has 20 heavy (non-hydrogen) atoms. The van der Waals surface area contributed by atoms with Crippen molar-refractivity contribution in [3.8, 4) is 5.75 Å². The Hall–Kier alpha value is -1.71. The molecule has 0 aromatic heterocycles. The Labute approximate surface area is 122 Å². The molecule has 1 rings (SSSR count). The van der Waals surface area contributed by atoms with E-state index in [0.717, 1.165) is 31.6 Å². The molecule has 0 saturated carbocycles. The molecule has 2 amide bonds. The summed E-state index contributed by atoms with van der Waals surface area (Å²) in [7, 11) is 1.81. The maximum absolute atomic E-state index is 11.7. The largest absolute Gasteiger partial charge is 0.492 e. The molecule has 0 aliphatic carbocycles. The zero-order valence-corrected chi connectivity index (χ0v) is 12.8. The second kappa shape index (κ2) is 9.23. The van der Waals surface area contributed by atoms with E-state index in [2.05, 4.69) is 31.3 Å². The highest BCUT2D eigenvalue weighted by molar-refractivity contribution is 5.73. The molecule has 0 aliphatic heterocycles. The van der Waals surface area contributed by atoms with Crippen molar-refractivity contribution in [1.82, 2.24) is 10.2 Å². The standard InChI is InChI=1S/C16H26N2O2/c1-4-6-12-18(3)16(19)17-11-13-20-15-9-7-14(5-2)8-10-15/h7-10H,4-6,11-13H2,1-3H3,(H,17,19). The second-order valence-electron chi connectivity index (χ2n) is 4.85. The lowest BCUT2D eigenvalue weighted by atomic mass is 10.2. The molecule has 0 saturated heterocycles. The van der Waals surface area contributed by atoms with Crippen LogP contribution in [-0.4, -0.2) is 37.7 Å². The summed E-state index contributed by atoms with van der Waals surface area (Å²) in [5, 5.41) is 2.85. The molecule has 0 heterocycles. The molecule has 0 aliphatic rings. The van der Waals surface area contributed by atoms with Crippen molar-refractivity contribution >= 4 is 6.03 Å². The molecule has 0 fully saturated rings. The van der Waals surface area contributed by atoms with E-state index in [-0.39, 0.29) is 6.03 Å². The van der Waals surface area contributed by atoms with Gasteiger partial charge in [0.15, 0.2) is 0 Å². The molecule has 1 N–H and O–H groups in total. The van der Waals surface area contributed by atoms with Crippen LogP contribution in [0.5, 0.6) is 5.75 Å². The highest BCUT2D eigenvalue weighted by Crippen LogP contribution is 2.12. The first kappa shape index (κ1) is 16.3. The van der Waals surface area contributed by atoms with Gasteiger partial charge in [-0.1, -0.05) is 32.4 Å². The van der Waals surface area contributed by atoms with Gasteiger partial charge >= 0.3 is 6.03 Å². The van der Waals surface area contributed by atoms with Crippen LogP contribution in [0, 0.1) is 0 Å². The number of amides is 2. The van der Waals surface area contributed by atoms with Crippen molar-refractivity contribution in [2.75, 3.05) is 26.7 Å². The predicted octanol–water partition coefficient (Wildman–Crippen LogP) is 3.07. The summed E-state index contributed by atoms with van der Waals surface area (Å²) in [5.41, 5.74) is 1.29. The maximum Gasteiger partial charge on any atom is 0.317 e. The van der Waals surface area contributed by atoms with E-state index >= 15 is 0 Å². The third-order valence-electron chi connectivity index (χ3n) is 3.17. The van der Waals surface area contributed by atoms with Crippen LogP contribution >= 0.6 is 0 Å². The first-order chi connectivity index (χ1) is 9.67. The fourth-order valence-electron chi connectivity index (χ4n) is 1.78. The van der Waals surface area contributed by atoms with Crippen LogP contribution in [0.4, 0.5) is 4.79 Å². The van der Waals surface area contributed by atoms with Crippen LogP contribution in [0.25, 0.3) is 0 Å². The Morgan fingerprint density at radius 3 is 2.55 bits per heavy atom. The number of carbonyl (C=O) groups excluding carboxylic acids is 1. The molecule has 0 unspecified atom stereocenters. The smallest absolute Gasteiger partial charge is 0.317 e. The monoisotopic (exact) mass is 278 g/mol. The van der Waals surface area contributed by atoms with Crippen LogP contribution in [0.15, 0.2) is 24.3 Å². The molecule has 1 aromatic carbocycles. The van der Waals surface area contributed by atoms with Gasteiger partial charge in [-0.2, -0.15) is 0 Å². The zero-order chi connectivity index (χ0) is 14.8. The van der Waals surface area contributed by atoms with Gasteiger partial charge in [0.25, 0.3) is 0 Å². The number of nitrogens with one attached hydrogen (secondary N) is 1. The molecule has 0 spiro atoms. The topological polar surface area (TPSA) is 41.6 Å². The SMILES string of the molecule is CCCCN(C)C(=O)NCCOc1ccc(CC)cc1. The number of benzene rings is 1. The van der Waals surface area contributed by atoms with Crippen LogP contribution in [0.2, 0.25) is 0 Å². The van der Waals surface area contributed by atoms with Crippen LogP contribution in [0.1, 0.15) is 32.3 Å². The minimum Gasteiger partial charge on any atom is -0.492 e. The number of unbranched alkanes of at least 4 members (excludes halogenated alkanes) is 1. The molecule has 4 nitrogen and oxygen atoms in total. The number of nitrogens with zero attached hydrogens (tertiary/aromatic N) is 1. The van der Waals surface area contributed by atoms with E-state index in [9.17, 15) is 4.79 Å². The maximum atomic E-state index is 11.7. The number of hydrogen-bond donors (Lipinski definition) is 1. The van der Waals surface area contributed by atoms with Gasteiger partial charge in [0.2, 0.25) is 0 Å². The van der Waals surface area contributed by atoms with Gasteiger partial charge in [-0.05, 0) is 30.5 Å². The number of aryl methyl sites for hydroxylation is 1. The van der Waals surface area contributed by atoms with Crippen LogP contribution < -0.4 is 10.1 Å². The summed E-state index contributed by atoms with van der Waals surface area (Å²) in [4.78, 5) is 13.4. The predicted molar refractivity (Wildman–Crippen MR) is 82.3 cm³/mol. The Bertz CT molecular complexity index is 390. The molecule has 112 valence electrons. The van der Waals surface area contributed by atoms with Crippen LogP contribution in [-0.2, 0) is 6.42 Å². The van der Waals surface area contributed by atoms with Gasteiger partial charge in [-0.25, -0.2) is 4.79 Å². The van der Waals surface area contributed by atoms with Gasteiger partial charge in [-0.15, -0.1) is 0 Å². The lowest BCUT2D eigenvalue weighted by Crippen LogP contribution is -2.39. The quantitative estimate of drug-likeness (QED) is 0.743. The van der Waals surface area contributed by atoms with E-state index in [1.54, 1.807) is 4.90 Å². The van der Waals surface area contributed by atoms with E-state index in [1.807, 2.05) is 19.2 Å². The van der Waals surface area contributed by atoms with Crippen molar-refractivity contribution in [2.24, 2.45) is 0 Å². The van der Waals surface area contributed by atoms with Crippen molar-refractivity contribution in [3.05, 3.63) is 29.8 Å². The number of ether oxygens (including phenoxy) is 1. The summed E-state index contributed by atoms with van der Waals surface area (Å²) in [5.74, 6) is 0.843. The molecule has 1 aromatic rings. The first-order valence-corrected chi connectivity index (χ1v) is 7.38. The lowest BCUT2D eigenvalue weighted by Gasteiger charge is -2.17. The number of rotatable bonds is 8. The first-order valence-electron chi connectivity index (χ1n) is 7.38. The van der Waals surface area contributed by atoms with Gasteiger partial charge in [0, 0.05) is 13.6 Å². The molecule has 0 bridgehead atoms. The van der Waals surface area contributed by atoms with E-state index < -0.39 is 0 Å². The molecule has 0 radical (unpaired) electrons. The third kappa shape index (κ3) is 5.95. The van der Waals surface area contributed by atoms with Gasteiger partial charge in [0.1, 0.15) is 12.4 Å². The van der Waals surface area contributed by atoms with Crippen molar-refractivity contribution in [2.45, 2.75) is 33.1 Å². The van der Waals surface area contributed by atoms with E-state index in [1.165, 1.54) is 5.56 Å². The Kier molecular flexibility index (Phi) is 7.55. The summed E-state index contributed by atoms with van der Waals surface area (Å²) in [6, 6.07) is 8.02. The van der Waals surface area contributed by atoms with Crippen molar-refractivity contribution < 1.29 is 9.53 Å². The van der Waals surface area contributed by atoms with Gasteiger partial charge in [-0.3, -0.25) is 0 Å². The summed E-state index contributed by atoms with van der Waals surface area (Å²) in [6.07, 6.45) is 3.15. The number of carbonyl (C=O) groups is 1. The molecular formula is C16H26N2O2. The highest BCUT2D eigenvalue weighted by Gasteiger charge is 2.06. The normalized spacial score (nSPS) is 10.2. The molecule has 0 atom stereocenters. The van der Waals surface area contributed by atoms with Gasteiger partial charge < -0.3 is 15.0 Å². The molecular weight excluding hydrogens is 252 g/mol. The summed E-state index contributed by atoms with van der Waals surface area (Å²) < 4.78 is 5.58. The summed E-state index contributed by atoms with van der Waals surface area (Å²) in [6.45, 7) is 6.04. The summed E-state index contributed by atoms with van der Waals surface area (Å²) >= 11 is 0. The highest BCUT2D eigenvalue weighted by atomic mass is 16.5. The van der Waals surface area contributed by atoms with E-state index in [4.69, 9.17) is 4.74 Å². The average Bonchev–Trinajstić information content (AvgIpc) is 2.49. The van der Waals surface area contributed by atoms with Crippen LogP contribution in [0.3, 0.4) is 0 Å². The Morgan fingerprint density at radius 2 is 1.95 bits per heavy atom. The van der Waals surface area contributed by atoms with Crippen molar-refractivity contribution in [3.63, 3.8) is 0 Å². The Balaban J connectivity index is 2.18. The minimum absolute atomic E-state index is 0.0385. The fourth-order valence-corrected chi connectivity index (χ4v) is 1.78. The third-order valence-corrected chi connectivity index (χ3v) is 3.17. The van der Waals surface area contributed by atoms with Crippen molar-refractivity contribution in [1.29, 1.82) is 0 Å². The fraction of sp³-hybridized carbons (Fsp3) is 0.562. The van der Waals surface area contributed by atoms with E-state index in [0.29, 0.717) is 13.2 Å². The average molecular weight is 278 g/mol. The second-order valence-corrected chi connectivity index (χ2v) is 4.85. The zero-order valence-electron chi connectivity index (χ0n) is 12.8.